The molecule has 156 valence electrons. The Bertz CT molecular complexity index is 914. The molecule has 1 N–H and O–H groups in total. The number of hydrogen-bond acceptors (Lipinski definition) is 6. The first-order valence-electron chi connectivity index (χ1n) is 8.92. The maximum absolute atomic E-state index is 12.4. The molecule has 0 spiro atoms. The summed E-state index contributed by atoms with van der Waals surface area (Å²) in [6.45, 7) is 1.35. The second-order valence-corrected chi connectivity index (χ2v) is 8.29. The molecule has 0 fully saturated rings. The molecular weight excluding hydrogens is 396 g/mol. The number of nitrogens with zero attached hydrogens (tertiary/aromatic N) is 1. The first-order chi connectivity index (χ1) is 13.8. The van der Waals surface area contributed by atoms with Gasteiger partial charge >= 0.3 is 5.97 Å². The van der Waals surface area contributed by atoms with Crippen LogP contribution in [0.2, 0.25) is 0 Å². The van der Waals surface area contributed by atoms with E-state index in [2.05, 4.69) is 5.32 Å². The molecule has 0 saturated heterocycles. The van der Waals surface area contributed by atoms with Gasteiger partial charge in [-0.25, -0.2) is 8.42 Å². The van der Waals surface area contributed by atoms with Crippen molar-refractivity contribution in [3.63, 3.8) is 0 Å². The predicted molar refractivity (Wildman–Crippen MR) is 107 cm³/mol. The Hall–Kier alpha value is -2.91. The molecule has 0 aromatic heterocycles. The van der Waals surface area contributed by atoms with Gasteiger partial charge in [0, 0.05) is 7.05 Å². The van der Waals surface area contributed by atoms with E-state index in [1.807, 2.05) is 25.1 Å². The summed E-state index contributed by atoms with van der Waals surface area (Å²) < 4.78 is 36.0. The fourth-order valence-corrected chi connectivity index (χ4v) is 3.39. The number of rotatable bonds is 10. The molecule has 0 bridgehead atoms. The van der Waals surface area contributed by atoms with Crippen LogP contribution in [-0.2, 0) is 24.3 Å². The van der Waals surface area contributed by atoms with Gasteiger partial charge in [-0.3, -0.25) is 9.59 Å². The third-order valence-electron chi connectivity index (χ3n) is 3.88. The van der Waals surface area contributed by atoms with Gasteiger partial charge in [-0.05, 0) is 31.2 Å². The first kappa shape index (κ1) is 22.4. The number of para-hydroxylation sites is 1. The quantitative estimate of drug-likeness (QED) is 0.460. The number of likely N-dealkylation sites (N-methyl/N-ethyl adjacent to an activating group) is 1. The van der Waals surface area contributed by atoms with Crippen molar-refractivity contribution in [3.05, 3.63) is 60.2 Å². The van der Waals surface area contributed by atoms with E-state index in [-0.39, 0.29) is 18.0 Å². The molecule has 0 heterocycles. The topological polar surface area (TPSA) is 102 Å². The van der Waals surface area contributed by atoms with Crippen molar-refractivity contribution in [2.45, 2.75) is 11.8 Å². The van der Waals surface area contributed by atoms with Crippen molar-refractivity contribution in [2.75, 3.05) is 33.4 Å². The molecular formula is C20H24N2O6S. The fraction of sp³-hybridized carbons (Fsp3) is 0.300. The van der Waals surface area contributed by atoms with Crippen molar-refractivity contribution in [2.24, 2.45) is 0 Å². The van der Waals surface area contributed by atoms with Crippen LogP contribution in [0.1, 0.15) is 5.56 Å². The van der Waals surface area contributed by atoms with Crippen molar-refractivity contribution in [1.29, 1.82) is 0 Å². The van der Waals surface area contributed by atoms with Gasteiger partial charge < -0.3 is 14.8 Å². The Morgan fingerprint density at radius 2 is 1.69 bits per heavy atom. The minimum Gasteiger partial charge on any atom is -0.492 e. The molecule has 0 aliphatic rings. The van der Waals surface area contributed by atoms with Crippen LogP contribution in [0.5, 0.6) is 5.75 Å². The number of nitrogens with one attached hydrogen (secondary N) is 1. The SMILES string of the molecule is Cc1ccc(S(=O)(=O)N(C)CC(=O)OCC(=O)NCCOc2ccccc2)cc1. The lowest BCUT2D eigenvalue weighted by Crippen LogP contribution is -2.36. The van der Waals surface area contributed by atoms with Gasteiger partial charge in [0.15, 0.2) is 6.61 Å². The van der Waals surface area contributed by atoms with E-state index in [1.54, 1.807) is 24.3 Å². The predicted octanol–water partition coefficient (Wildman–Crippen LogP) is 1.35. The van der Waals surface area contributed by atoms with Gasteiger partial charge in [-0.15, -0.1) is 0 Å². The number of sulfonamides is 1. The summed E-state index contributed by atoms with van der Waals surface area (Å²) in [5.74, 6) is -0.635. The molecule has 1 amide bonds. The summed E-state index contributed by atoms with van der Waals surface area (Å²) in [6, 6.07) is 15.4. The van der Waals surface area contributed by atoms with E-state index in [0.717, 1.165) is 9.87 Å². The molecule has 0 saturated carbocycles. The van der Waals surface area contributed by atoms with Crippen LogP contribution in [0, 0.1) is 6.92 Å². The maximum atomic E-state index is 12.4. The van der Waals surface area contributed by atoms with Crippen molar-refractivity contribution < 1.29 is 27.5 Å². The smallest absolute Gasteiger partial charge is 0.321 e. The van der Waals surface area contributed by atoms with Crippen LogP contribution >= 0.6 is 0 Å². The molecule has 0 aliphatic heterocycles. The number of esters is 1. The number of hydrogen-bond donors (Lipinski definition) is 1. The van der Waals surface area contributed by atoms with Gasteiger partial charge in [0.25, 0.3) is 5.91 Å². The van der Waals surface area contributed by atoms with Crippen LogP contribution in [0.15, 0.2) is 59.5 Å². The molecule has 2 rings (SSSR count). The highest BCUT2D eigenvalue weighted by molar-refractivity contribution is 7.89. The molecule has 0 unspecified atom stereocenters. The zero-order valence-electron chi connectivity index (χ0n) is 16.3. The minimum atomic E-state index is -3.82. The van der Waals surface area contributed by atoms with Crippen molar-refractivity contribution in [3.8, 4) is 5.75 Å². The Morgan fingerprint density at radius 1 is 1.03 bits per heavy atom. The molecule has 8 nitrogen and oxygen atoms in total. The van der Waals surface area contributed by atoms with E-state index in [9.17, 15) is 18.0 Å². The number of benzene rings is 2. The highest BCUT2D eigenvalue weighted by Crippen LogP contribution is 2.14. The van der Waals surface area contributed by atoms with E-state index in [1.165, 1.54) is 19.2 Å². The number of carbonyl (C=O) groups excluding carboxylic acids is 2. The second kappa shape index (κ2) is 10.6. The summed E-state index contributed by atoms with van der Waals surface area (Å²) in [6.07, 6.45) is 0. The van der Waals surface area contributed by atoms with Gasteiger partial charge in [0.2, 0.25) is 10.0 Å². The molecule has 0 aliphatic carbocycles. The molecule has 2 aromatic carbocycles. The largest absolute Gasteiger partial charge is 0.492 e. The van der Waals surface area contributed by atoms with Crippen LogP contribution in [0.4, 0.5) is 0 Å². The molecule has 9 heteroatoms. The Labute approximate surface area is 170 Å². The van der Waals surface area contributed by atoms with Gasteiger partial charge in [-0.1, -0.05) is 35.9 Å². The summed E-state index contributed by atoms with van der Waals surface area (Å²) in [5, 5.41) is 2.55. The Morgan fingerprint density at radius 3 is 2.34 bits per heavy atom. The van der Waals surface area contributed by atoms with Crippen LogP contribution < -0.4 is 10.1 Å². The maximum Gasteiger partial charge on any atom is 0.321 e. The van der Waals surface area contributed by atoms with E-state index in [4.69, 9.17) is 9.47 Å². The average Bonchev–Trinajstić information content (AvgIpc) is 2.70. The zero-order chi connectivity index (χ0) is 21.3. The van der Waals surface area contributed by atoms with Gasteiger partial charge in [-0.2, -0.15) is 4.31 Å². The van der Waals surface area contributed by atoms with E-state index < -0.39 is 35.1 Å². The lowest BCUT2D eigenvalue weighted by atomic mass is 10.2. The van der Waals surface area contributed by atoms with Gasteiger partial charge in [0.05, 0.1) is 11.4 Å². The van der Waals surface area contributed by atoms with Crippen LogP contribution in [0.25, 0.3) is 0 Å². The second-order valence-electron chi connectivity index (χ2n) is 6.25. The molecule has 0 atom stereocenters. The molecule has 2 aromatic rings. The van der Waals surface area contributed by atoms with E-state index in [0.29, 0.717) is 5.75 Å². The van der Waals surface area contributed by atoms with Crippen molar-refractivity contribution in [1.82, 2.24) is 9.62 Å². The Balaban J connectivity index is 1.70. The summed E-state index contributed by atoms with van der Waals surface area (Å²) in [7, 11) is -2.54. The third kappa shape index (κ3) is 7.20. The van der Waals surface area contributed by atoms with Crippen molar-refractivity contribution >= 4 is 21.9 Å². The van der Waals surface area contributed by atoms with E-state index >= 15 is 0 Å². The normalized spacial score (nSPS) is 11.1. The first-order valence-corrected chi connectivity index (χ1v) is 10.4. The minimum absolute atomic E-state index is 0.0783. The van der Waals surface area contributed by atoms with Gasteiger partial charge in [0.1, 0.15) is 18.9 Å². The lowest BCUT2D eigenvalue weighted by Gasteiger charge is -2.16. The number of carbonyl (C=O) groups is 2. The number of aryl methyl sites for hydroxylation is 1. The molecule has 0 radical (unpaired) electrons. The van der Waals surface area contributed by atoms with Crippen LogP contribution in [-0.4, -0.2) is 58.0 Å². The number of amides is 1. The highest BCUT2D eigenvalue weighted by atomic mass is 32.2. The average molecular weight is 420 g/mol. The highest BCUT2D eigenvalue weighted by Gasteiger charge is 2.23. The summed E-state index contributed by atoms with van der Waals surface area (Å²) >= 11 is 0. The summed E-state index contributed by atoms with van der Waals surface area (Å²) in [4.78, 5) is 23.7. The fourth-order valence-electron chi connectivity index (χ4n) is 2.28. The summed E-state index contributed by atoms with van der Waals surface area (Å²) in [5.41, 5.74) is 0.922. The van der Waals surface area contributed by atoms with Crippen LogP contribution in [0.3, 0.4) is 0 Å². The zero-order valence-corrected chi connectivity index (χ0v) is 17.1. The monoisotopic (exact) mass is 420 g/mol. The standard InChI is InChI=1S/C20H24N2O6S/c1-16-8-10-18(11-9-16)29(25,26)22(2)14-20(24)28-15-19(23)21-12-13-27-17-6-4-3-5-7-17/h3-11H,12-15H2,1-2H3,(H,21,23). The Kier molecular flexibility index (Phi) is 8.17. The number of ether oxygens (including phenoxy) is 2. The molecule has 29 heavy (non-hydrogen) atoms. The lowest BCUT2D eigenvalue weighted by molar-refractivity contribution is -0.148. The third-order valence-corrected chi connectivity index (χ3v) is 5.70.